The first-order valence-corrected chi connectivity index (χ1v) is 7.99. The Morgan fingerprint density at radius 2 is 1.78 bits per heavy atom. The summed E-state index contributed by atoms with van der Waals surface area (Å²) in [5.41, 5.74) is 2.40. The van der Waals surface area contributed by atoms with Crippen LogP contribution in [-0.4, -0.2) is 31.4 Å². The third-order valence-corrected chi connectivity index (χ3v) is 3.74. The predicted octanol–water partition coefficient (Wildman–Crippen LogP) is 3.87. The summed E-state index contributed by atoms with van der Waals surface area (Å²) in [6, 6.07) is 3.63. The average molecular weight is 322 g/mol. The third-order valence-electron chi connectivity index (χ3n) is 3.74. The summed E-state index contributed by atoms with van der Waals surface area (Å²) in [6.45, 7) is 12.7. The van der Waals surface area contributed by atoms with Crippen molar-refractivity contribution in [2.45, 2.75) is 53.4 Å². The highest BCUT2D eigenvalue weighted by molar-refractivity contribution is 5.90. The van der Waals surface area contributed by atoms with E-state index in [1.807, 2.05) is 13.0 Å². The van der Waals surface area contributed by atoms with E-state index in [1.165, 1.54) is 0 Å². The molecule has 0 aliphatic rings. The lowest BCUT2D eigenvalue weighted by atomic mass is 9.71. The quantitative estimate of drug-likeness (QED) is 0.808. The van der Waals surface area contributed by atoms with Crippen LogP contribution in [0.4, 0.5) is 0 Å². The molecule has 0 amide bonds. The summed E-state index contributed by atoms with van der Waals surface area (Å²) in [4.78, 5) is 12.1. The Morgan fingerprint density at radius 1 is 1.17 bits per heavy atom. The summed E-state index contributed by atoms with van der Waals surface area (Å²) in [5, 5.41) is 8.81. The lowest BCUT2D eigenvalue weighted by Gasteiger charge is -2.34. The number of aryl methyl sites for hydroxylation is 1. The lowest BCUT2D eigenvalue weighted by Crippen LogP contribution is -2.26. The zero-order chi connectivity index (χ0) is 17.8. The summed E-state index contributed by atoms with van der Waals surface area (Å²) in [6.07, 6.45) is 0.949. The van der Waals surface area contributed by atoms with Gasteiger partial charge in [-0.3, -0.25) is 0 Å². The summed E-state index contributed by atoms with van der Waals surface area (Å²) in [5.74, 6) is 0.399. The van der Waals surface area contributed by atoms with E-state index in [-0.39, 0.29) is 24.0 Å². The average Bonchev–Trinajstić information content (AvgIpc) is 2.41. The van der Waals surface area contributed by atoms with Crippen LogP contribution in [0.5, 0.6) is 5.75 Å². The molecule has 0 unspecified atom stereocenters. The Balaban J connectivity index is 3.33. The van der Waals surface area contributed by atoms with E-state index in [4.69, 9.17) is 14.6 Å². The lowest BCUT2D eigenvalue weighted by molar-refractivity contribution is 0.0433. The molecule has 1 N–H and O–H groups in total. The number of methoxy groups -OCH3 is 1. The van der Waals surface area contributed by atoms with Crippen molar-refractivity contribution in [1.82, 2.24) is 0 Å². The molecule has 4 nitrogen and oxygen atoms in total. The number of esters is 1. The van der Waals surface area contributed by atoms with Gasteiger partial charge in [-0.25, -0.2) is 4.79 Å². The van der Waals surface area contributed by atoms with Crippen molar-refractivity contribution < 1.29 is 19.4 Å². The third kappa shape index (κ3) is 5.24. The molecule has 1 aromatic carbocycles. The second-order valence-corrected chi connectivity index (χ2v) is 7.85. The van der Waals surface area contributed by atoms with E-state index in [0.29, 0.717) is 5.56 Å². The van der Waals surface area contributed by atoms with Gasteiger partial charge in [0.1, 0.15) is 12.4 Å². The molecule has 0 heterocycles. The summed E-state index contributed by atoms with van der Waals surface area (Å²) >= 11 is 0. The molecule has 1 rings (SSSR count). The standard InChI is InChI=1S/C19H30O4/c1-13-10-14(17(21)23-9-8-20)11-15(16(13)22-7)19(5,6)12-18(2,3)4/h10-11,20H,8-9,12H2,1-7H3. The number of hydrogen-bond donors (Lipinski definition) is 1. The molecule has 0 aliphatic carbocycles. The highest BCUT2D eigenvalue weighted by Gasteiger charge is 2.31. The molecule has 0 atom stereocenters. The molecule has 0 fully saturated rings. The van der Waals surface area contributed by atoms with Gasteiger partial charge in [0, 0.05) is 5.56 Å². The van der Waals surface area contributed by atoms with Crippen LogP contribution in [0.1, 0.15) is 62.5 Å². The van der Waals surface area contributed by atoms with Crippen LogP contribution >= 0.6 is 0 Å². The second kappa shape index (κ2) is 7.35. The molecule has 0 saturated heterocycles. The van der Waals surface area contributed by atoms with Gasteiger partial charge in [-0.2, -0.15) is 0 Å². The molecule has 0 bridgehead atoms. The van der Waals surface area contributed by atoms with E-state index in [9.17, 15) is 4.79 Å². The van der Waals surface area contributed by atoms with Crippen molar-refractivity contribution in [3.8, 4) is 5.75 Å². The Kier molecular flexibility index (Phi) is 6.23. The molecule has 130 valence electrons. The highest BCUT2D eigenvalue weighted by atomic mass is 16.5. The molecule has 0 aromatic heterocycles. The fourth-order valence-corrected chi connectivity index (χ4v) is 3.31. The second-order valence-electron chi connectivity index (χ2n) is 7.85. The van der Waals surface area contributed by atoms with Crippen molar-refractivity contribution in [2.24, 2.45) is 5.41 Å². The maximum absolute atomic E-state index is 12.1. The fourth-order valence-electron chi connectivity index (χ4n) is 3.31. The maximum atomic E-state index is 12.1. The van der Waals surface area contributed by atoms with E-state index in [2.05, 4.69) is 34.6 Å². The number of aliphatic hydroxyl groups is 1. The van der Waals surface area contributed by atoms with Gasteiger partial charge < -0.3 is 14.6 Å². The molecular weight excluding hydrogens is 292 g/mol. The van der Waals surface area contributed by atoms with Crippen LogP contribution in [-0.2, 0) is 10.2 Å². The van der Waals surface area contributed by atoms with Crippen LogP contribution < -0.4 is 4.74 Å². The first kappa shape index (κ1) is 19.5. The van der Waals surface area contributed by atoms with Crippen LogP contribution in [0, 0.1) is 12.3 Å². The maximum Gasteiger partial charge on any atom is 0.338 e. The normalized spacial score (nSPS) is 12.2. The van der Waals surface area contributed by atoms with Crippen molar-refractivity contribution in [1.29, 1.82) is 0 Å². The predicted molar refractivity (Wildman–Crippen MR) is 92.2 cm³/mol. The van der Waals surface area contributed by atoms with E-state index in [1.54, 1.807) is 13.2 Å². The molecular formula is C19H30O4. The largest absolute Gasteiger partial charge is 0.496 e. The van der Waals surface area contributed by atoms with Crippen molar-refractivity contribution >= 4 is 5.97 Å². The van der Waals surface area contributed by atoms with Crippen molar-refractivity contribution in [2.75, 3.05) is 20.3 Å². The topological polar surface area (TPSA) is 55.8 Å². The van der Waals surface area contributed by atoms with Gasteiger partial charge in [-0.15, -0.1) is 0 Å². The molecule has 0 aliphatic heterocycles. The van der Waals surface area contributed by atoms with Crippen molar-refractivity contribution in [3.63, 3.8) is 0 Å². The number of benzene rings is 1. The minimum absolute atomic E-state index is 0.00459. The molecule has 0 radical (unpaired) electrons. The van der Waals surface area contributed by atoms with Gasteiger partial charge in [0.25, 0.3) is 0 Å². The Bertz CT molecular complexity index is 553. The molecule has 0 saturated carbocycles. The van der Waals surface area contributed by atoms with Crippen molar-refractivity contribution in [3.05, 3.63) is 28.8 Å². The number of ether oxygens (including phenoxy) is 2. The van der Waals surface area contributed by atoms with Gasteiger partial charge in [-0.1, -0.05) is 34.6 Å². The van der Waals surface area contributed by atoms with E-state index in [0.717, 1.165) is 23.3 Å². The number of hydrogen-bond acceptors (Lipinski definition) is 4. The molecule has 1 aromatic rings. The van der Waals surface area contributed by atoms with Crippen LogP contribution in [0.2, 0.25) is 0 Å². The Hall–Kier alpha value is -1.55. The number of rotatable bonds is 6. The van der Waals surface area contributed by atoms with E-state index < -0.39 is 5.97 Å². The molecule has 4 heteroatoms. The van der Waals surface area contributed by atoms with Crippen LogP contribution in [0.3, 0.4) is 0 Å². The minimum atomic E-state index is -0.419. The van der Waals surface area contributed by atoms with Gasteiger partial charge in [0.05, 0.1) is 19.3 Å². The smallest absolute Gasteiger partial charge is 0.338 e. The Labute approximate surface area is 139 Å². The number of carbonyl (C=O) groups excluding carboxylic acids is 1. The Morgan fingerprint density at radius 3 is 2.26 bits per heavy atom. The summed E-state index contributed by atoms with van der Waals surface area (Å²) < 4.78 is 10.6. The SMILES string of the molecule is COc1c(C)cc(C(=O)OCCO)cc1C(C)(C)CC(C)(C)C. The van der Waals surface area contributed by atoms with Crippen LogP contribution in [0.25, 0.3) is 0 Å². The van der Waals surface area contributed by atoms with Gasteiger partial charge >= 0.3 is 5.97 Å². The first-order chi connectivity index (χ1) is 10.5. The zero-order valence-electron chi connectivity index (χ0n) is 15.4. The molecule has 23 heavy (non-hydrogen) atoms. The van der Waals surface area contributed by atoms with Gasteiger partial charge in [-0.05, 0) is 41.9 Å². The minimum Gasteiger partial charge on any atom is -0.496 e. The number of aliphatic hydroxyl groups excluding tert-OH is 1. The zero-order valence-corrected chi connectivity index (χ0v) is 15.4. The van der Waals surface area contributed by atoms with Crippen LogP contribution in [0.15, 0.2) is 12.1 Å². The highest BCUT2D eigenvalue weighted by Crippen LogP contribution is 2.42. The van der Waals surface area contributed by atoms with E-state index >= 15 is 0 Å². The fraction of sp³-hybridized carbons (Fsp3) is 0.632. The monoisotopic (exact) mass is 322 g/mol. The molecule has 0 spiro atoms. The number of carbonyl (C=O) groups is 1. The van der Waals surface area contributed by atoms with Gasteiger partial charge in [0.2, 0.25) is 0 Å². The van der Waals surface area contributed by atoms with Gasteiger partial charge in [0.15, 0.2) is 0 Å². The first-order valence-electron chi connectivity index (χ1n) is 7.99. The summed E-state index contributed by atoms with van der Waals surface area (Å²) in [7, 11) is 1.66.